The van der Waals surface area contributed by atoms with Crippen LogP contribution in [-0.2, 0) is 0 Å². The van der Waals surface area contributed by atoms with Crippen molar-refractivity contribution in [3.63, 3.8) is 0 Å². The lowest BCUT2D eigenvalue weighted by molar-refractivity contribution is 0.206. The minimum absolute atomic E-state index is 0.113. The molecule has 0 saturated heterocycles. The van der Waals surface area contributed by atoms with Gasteiger partial charge in [0.2, 0.25) is 0 Å². The van der Waals surface area contributed by atoms with Gasteiger partial charge in [0.15, 0.2) is 17.8 Å². The van der Waals surface area contributed by atoms with E-state index in [2.05, 4.69) is 135 Å². The number of aromatic nitrogens is 5. The summed E-state index contributed by atoms with van der Waals surface area (Å²) in [7, 11) is 0. The number of para-hydroxylation sites is 1. The van der Waals surface area contributed by atoms with Gasteiger partial charge in [0.1, 0.15) is 0 Å². The van der Waals surface area contributed by atoms with Crippen LogP contribution in [0.3, 0.4) is 0 Å². The molecule has 0 bridgehead atoms. The predicted octanol–water partition coefficient (Wildman–Crippen LogP) is 10.3. The zero-order valence-electron chi connectivity index (χ0n) is 28.1. The second kappa shape index (κ2) is 12.5. The number of rotatable bonds is 6. The van der Waals surface area contributed by atoms with Crippen molar-refractivity contribution in [1.29, 1.82) is 0 Å². The average Bonchev–Trinajstić information content (AvgIpc) is 3.82. The molecule has 1 N–H and O–H groups in total. The number of nitrogens with one attached hydrogen (secondary N) is 1. The molecule has 4 aromatic carbocycles. The smallest absolute Gasteiger partial charge is 0.176 e. The van der Waals surface area contributed by atoms with Gasteiger partial charge in [-0.25, -0.2) is 9.97 Å². The van der Waals surface area contributed by atoms with Crippen LogP contribution in [0.4, 0.5) is 5.69 Å². The predicted molar refractivity (Wildman–Crippen MR) is 208 cm³/mol. The number of allylic oxidation sites excluding steroid dienone is 3. The Kier molecular flexibility index (Phi) is 7.20. The van der Waals surface area contributed by atoms with Gasteiger partial charge in [0, 0.05) is 58.5 Å². The van der Waals surface area contributed by atoms with Crippen LogP contribution in [0.15, 0.2) is 164 Å². The molecule has 248 valence electrons. The lowest BCUT2D eigenvalue weighted by atomic mass is 9.99. The number of nitrogens with zero attached hydrogens (tertiary/aromatic N) is 5. The number of benzene rings is 4. The first-order chi connectivity index (χ1) is 25.8. The summed E-state index contributed by atoms with van der Waals surface area (Å²) in [4.78, 5) is 18.7. The molecular weight excluding hydrogens is 641 g/mol. The number of hydrogen-bond donors (Lipinski definition) is 1. The lowest BCUT2D eigenvalue weighted by Crippen LogP contribution is -2.29. The summed E-state index contributed by atoms with van der Waals surface area (Å²) in [6.45, 7) is 0. The molecular formula is C45H32N6O. The van der Waals surface area contributed by atoms with E-state index in [9.17, 15) is 0 Å². The molecule has 52 heavy (non-hydrogen) atoms. The molecule has 2 aliphatic rings. The normalized spacial score (nSPS) is 16.2. The van der Waals surface area contributed by atoms with Crippen LogP contribution in [-0.4, -0.2) is 30.7 Å². The van der Waals surface area contributed by atoms with Gasteiger partial charge >= 0.3 is 0 Å². The first-order valence-corrected chi connectivity index (χ1v) is 17.5. The summed E-state index contributed by atoms with van der Waals surface area (Å²) in [6, 6.07) is 40.0. The number of hydrogen-bond acceptors (Lipinski definition) is 6. The number of anilines is 1. The Balaban J connectivity index is 1.08. The molecule has 2 atom stereocenters. The van der Waals surface area contributed by atoms with Crippen molar-refractivity contribution in [2.75, 3.05) is 5.32 Å². The fraction of sp³-hybridized carbons (Fsp3) is 0.0667. The third-order valence-corrected chi connectivity index (χ3v) is 10.00. The van der Waals surface area contributed by atoms with Crippen LogP contribution in [0, 0.1) is 5.92 Å². The third-order valence-electron chi connectivity index (χ3n) is 10.00. The largest absolute Gasteiger partial charge is 0.467 e. The number of pyridine rings is 2. The summed E-state index contributed by atoms with van der Waals surface area (Å²) in [5.41, 5.74) is 11.1. The lowest BCUT2D eigenvalue weighted by Gasteiger charge is -2.20. The Bertz CT molecular complexity index is 2660. The maximum atomic E-state index is 6.72. The van der Waals surface area contributed by atoms with E-state index in [1.807, 2.05) is 36.7 Å². The minimum atomic E-state index is -0.113. The van der Waals surface area contributed by atoms with Crippen LogP contribution >= 0.6 is 0 Å². The summed E-state index contributed by atoms with van der Waals surface area (Å²) in [5, 5.41) is 5.91. The maximum Gasteiger partial charge on any atom is 0.176 e. The van der Waals surface area contributed by atoms with Gasteiger partial charge in [-0.3, -0.25) is 9.97 Å². The second-order valence-corrected chi connectivity index (χ2v) is 13.1. The molecule has 8 aromatic rings. The summed E-state index contributed by atoms with van der Waals surface area (Å²) < 4.78 is 9.04. The quantitative estimate of drug-likeness (QED) is 0.189. The maximum absolute atomic E-state index is 6.72. The topological polar surface area (TPSA) is 77.8 Å². The zero-order chi connectivity index (χ0) is 34.4. The molecule has 7 nitrogen and oxygen atoms in total. The van der Waals surface area contributed by atoms with Gasteiger partial charge in [-0.05, 0) is 78.2 Å². The van der Waals surface area contributed by atoms with Gasteiger partial charge in [0.05, 0.1) is 33.5 Å². The molecule has 2 unspecified atom stereocenters. The molecule has 1 aliphatic carbocycles. The molecule has 0 amide bonds. The number of ether oxygens (including phenoxy) is 1. The monoisotopic (exact) mass is 672 g/mol. The van der Waals surface area contributed by atoms with Crippen LogP contribution in [0.5, 0.6) is 5.75 Å². The minimum Gasteiger partial charge on any atom is -0.467 e. The highest BCUT2D eigenvalue weighted by atomic mass is 16.5. The van der Waals surface area contributed by atoms with E-state index in [4.69, 9.17) is 14.7 Å². The highest BCUT2D eigenvalue weighted by molar-refractivity contribution is 6.14. The van der Waals surface area contributed by atoms with E-state index < -0.39 is 0 Å². The van der Waals surface area contributed by atoms with Crippen molar-refractivity contribution in [1.82, 2.24) is 24.5 Å². The molecule has 1 aliphatic heterocycles. The Morgan fingerprint density at radius 2 is 1.33 bits per heavy atom. The standard InChI is InChI=1S/C45H32N6O/c1-2-7-33(8-3-1)45-50-37-17-18-41-42(43(37)52-45)36-11-4-5-12-40(36)51(41)35-10-6-9-34(27-35)44-48-38(28-39(49-44)32-21-25-47-26-22-32)31-15-13-29(14-16-31)30-19-23-46-24-20-30/h1-7,9-28,33,45,50H,8H2. The van der Waals surface area contributed by atoms with Gasteiger partial charge in [-0.15, -0.1) is 0 Å². The van der Waals surface area contributed by atoms with E-state index in [1.54, 1.807) is 12.4 Å². The van der Waals surface area contributed by atoms with Crippen molar-refractivity contribution in [2.45, 2.75) is 12.6 Å². The van der Waals surface area contributed by atoms with Crippen molar-refractivity contribution < 1.29 is 4.74 Å². The zero-order valence-corrected chi connectivity index (χ0v) is 28.1. The first kappa shape index (κ1) is 30.0. The molecule has 0 fully saturated rings. The number of fused-ring (bicyclic) bond motifs is 5. The Morgan fingerprint density at radius 1 is 0.615 bits per heavy atom. The summed E-state index contributed by atoms with van der Waals surface area (Å²) in [6.07, 6.45) is 16.7. The summed E-state index contributed by atoms with van der Waals surface area (Å²) >= 11 is 0. The molecule has 0 spiro atoms. The SMILES string of the molecule is C1=CCC(C2Nc3ccc4c(c3O2)c2ccccc2n4-c2cccc(-c3nc(-c4ccncc4)cc(-c4ccc(-c5ccncc5)cc4)n3)c2)C=C1. The highest BCUT2D eigenvalue weighted by Crippen LogP contribution is 2.46. The van der Waals surface area contributed by atoms with E-state index in [-0.39, 0.29) is 12.1 Å². The summed E-state index contributed by atoms with van der Waals surface area (Å²) in [5.74, 6) is 1.82. The van der Waals surface area contributed by atoms with Crippen LogP contribution in [0.2, 0.25) is 0 Å². The van der Waals surface area contributed by atoms with E-state index in [0.717, 1.165) is 84.6 Å². The fourth-order valence-electron chi connectivity index (χ4n) is 7.43. The van der Waals surface area contributed by atoms with Crippen LogP contribution < -0.4 is 10.1 Å². The highest BCUT2D eigenvalue weighted by Gasteiger charge is 2.31. The van der Waals surface area contributed by atoms with Crippen molar-refractivity contribution in [3.05, 3.63) is 164 Å². The van der Waals surface area contributed by atoms with E-state index >= 15 is 0 Å². The molecule has 4 aromatic heterocycles. The average molecular weight is 673 g/mol. The van der Waals surface area contributed by atoms with Crippen molar-refractivity contribution in [3.8, 4) is 56.5 Å². The molecule has 0 radical (unpaired) electrons. The van der Waals surface area contributed by atoms with Crippen LogP contribution in [0.25, 0.3) is 72.5 Å². The molecule has 7 heteroatoms. The first-order valence-electron chi connectivity index (χ1n) is 17.5. The van der Waals surface area contributed by atoms with Gasteiger partial charge in [0.25, 0.3) is 0 Å². The molecule has 0 saturated carbocycles. The Morgan fingerprint density at radius 3 is 2.10 bits per heavy atom. The van der Waals surface area contributed by atoms with Crippen LogP contribution in [0.1, 0.15) is 6.42 Å². The van der Waals surface area contributed by atoms with E-state index in [0.29, 0.717) is 5.82 Å². The molecule has 10 rings (SSSR count). The van der Waals surface area contributed by atoms with E-state index in [1.165, 1.54) is 0 Å². The van der Waals surface area contributed by atoms with Gasteiger partial charge in [-0.1, -0.05) is 78.9 Å². The van der Waals surface area contributed by atoms with Gasteiger partial charge in [-0.2, -0.15) is 0 Å². The third kappa shape index (κ3) is 5.22. The fourth-order valence-corrected chi connectivity index (χ4v) is 7.43. The Hall–Kier alpha value is -6.86. The van der Waals surface area contributed by atoms with Gasteiger partial charge < -0.3 is 14.6 Å². The Labute approximate surface area is 300 Å². The second-order valence-electron chi connectivity index (χ2n) is 13.1. The van der Waals surface area contributed by atoms with Crippen molar-refractivity contribution >= 4 is 27.5 Å². The van der Waals surface area contributed by atoms with Crippen molar-refractivity contribution in [2.24, 2.45) is 5.92 Å². The molecule has 5 heterocycles.